The first-order valence-electron chi connectivity index (χ1n) is 5.89. The van der Waals surface area contributed by atoms with Crippen molar-refractivity contribution < 1.29 is 9.18 Å². The molecule has 110 valence electrons. The Bertz CT molecular complexity index is 679. The van der Waals surface area contributed by atoms with E-state index >= 15 is 0 Å². The predicted molar refractivity (Wildman–Crippen MR) is 83.7 cm³/mol. The summed E-state index contributed by atoms with van der Waals surface area (Å²) >= 11 is 17.3. The zero-order valence-corrected chi connectivity index (χ0v) is 12.9. The van der Waals surface area contributed by atoms with Crippen LogP contribution in [0.4, 0.5) is 14.9 Å². The molecule has 2 rings (SSSR count). The number of benzene rings is 2. The quantitative estimate of drug-likeness (QED) is 0.796. The molecule has 2 amide bonds. The van der Waals surface area contributed by atoms with E-state index in [1.54, 1.807) is 18.2 Å². The third-order valence-corrected chi connectivity index (χ3v) is 3.64. The minimum absolute atomic E-state index is 0.0581. The monoisotopic (exact) mass is 346 g/mol. The van der Waals surface area contributed by atoms with Crippen LogP contribution in [0.5, 0.6) is 0 Å². The van der Waals surface area contributed by atoms with E-state index in [1.807, 2.05) is 0 Å². The highest BCUT2D eigenvalue weighted by atomic mass is 35.5. The van der Waals surface area contributed by atoms with Gasteiger partial charge in [0.15, 0.2) is 0 Å². The summed E-state index contributed by atoms with van der Waals surface area (Å²) in [7, 11) is 0. The van der Waals surface area contributed by atoms with Gasteiger partial charge in [-0.25, -0.2) is 9.18 Å². The molecule has 0 saturated carbocycles. The van der Waals surface area contributed by atoms with Crippen LogP contribution in [0.2, 0.25) is 15.1 Å². The van der Waals surface area contributed by atoms with Gasteiger partial charge in [-0.3, -0.25) is 0 Å². The number of hydrogen-bond acceptors (Lipinski definition) is 1. The van der Waals surface area contributed by atoms with Gasteiger partial charge in [0, 0.05) is 12.2 Å². The lowest BCUT2D eigenvalue weighted by molar-refractivity contribution is 0.251. The van der Waals surface area contributed by atoms with Crippen molar-refractivity contribution in [2.75, 3.05) is 5.32 Å². The molecule has 0 radical (unpaired) electrons. The molecule has 0 heterocycles. The maximum Gasteiger partial charge on any atom is 0.319 e. The van der Waals surface area contributed by atoms with Crippen LogP contribution in [-0.4, -0.2) is 6.03 Å². The predicted octanol–water partition coefficient (Wildman–Crippen LogP) is 5.11. The van der Waals surface area contributed by atoms with Crippen molar-refractivity contribution >= 4 is 46.5 Å². The Hall–Kier alpha value is -1.49. The van der Waals surface area contributed by atoms with Crippen LogP contribution < -0.4 is 10.6 Å². The fourth-order valence-corrected chi connectivity index (χ4v) is 2.08. The zero-order chi connectivity index (χ0) is 15.4. The van der Waals surface area contributed by atoms with Crippen molar-refractivity contribution in [3.63, 3.8) is 0 Å². The van der Waals surface area contributed by atoms with Gasteiger partial charge in [0.25, 0.3) is 0 Å². The van der Waals surface area contributed by atoms with Gasteiger partial charge in [-0.05, 0) is 35.9 Å². The van der Waals surface area contributed by atoms with Gasteiger partial charge in [-0.15, -0.1) is 0 Å². The van der Waals surface area contributed by atoms with Crippen LogP contribution in [0, 0.1) is 5.82 Å². The van der Waals surface area contributed by atoms with Crippen LogP contribution in [-0.2, 0) is 6.54 Å². The highest BCUT2D eigenvalue weighted by Gasteiger charge is 2.06. The average Bonchev–Trinajstić information content (AvgIpc) is 2.44. The van der Waals surface area contributed by atoms with E-state index in [4.69, 9.17) is 34.8 Å². The van der Waals surface area contributed by atoms with Crippen molar-refractivity contribution in [3.05, 3.63) is 62.8 Å². The highest BCUT2D eigenvalue weighted by Crippen LogP contribution is 2.22. The van der Waals surface area contributed by atoms with E-state index in [0.717, 1.165) is 5.56 Å². The third kappa shape index (κ3) is 4.49. The number of hydrogen-bond donors (Lipinski definition) is 2. The topological polar surface area (TPSA) is 41.1 Å². The molecule has 2 aromatic carbocycles. The van der Waals surface area contributed by atoms with E-state index in [9.17, 15) is 9.18 Å². The molecule has 2 aromatic rings. The second-order valence-corrected chi connectivity index (χ2v) is 5.41. The number of halogens is 4. The molecule has 21 heavy (non-hydrogen) atoms. The lowest BCUT2D eigenvalue weighted by Gasteiger charge is -2.09. The summed E-state index contributed by atoms with van der Waals surface area (Å²) in [5, 5.41) is 6.00. The van der Waals surface area contributed by atoms with Gasteiger partial charge >= 0.3 is 6.03 Å². The zero-order valence-electron chi connectivity index (χ0n) is 10.6. The third-order valence-electron chi connectivity index (χ3n) is 2.61. The van der Waals surface area contributed by atoms with E-state index in [-0.39, 0.29) is 11.6 Å². The second kappa shape index (κ2) is 6.98. The Labute approximate surface area is 136 Å². The fourth-order valence-electron chi connectivity index (χ4n) is 1.58. The standard InChI is InChI=1S/C14H10Cl3FN2O/c15-10-3-1-8(5-11(10)16)7-19-14(21)20-9-2-4-13(18)12(17)6-9/h1-6H,7H2,(H2,19,20,21). The minimum atomic E-state index is -0.543. The first-order valence-corrected chi connectivity index (χ1v) is 7.03. The van der Waals surface area contributed by atoms with Gasteiger partial charge in [0.05, 0.1) is 15.1 Å². The van der Waals surface area contributed by atoms with Crippen LogP contribution in [0.3, 0.4) is 0 Å². The first kappa shape index (κ1) is 15.9. The van der Waals surface area contributed by atoms with E-state index in [1.165, 1.54) is 18.2 Å². The number of amides is 2. The highest BCUT2D eigenvalue weighted by molar-refractivity contribution is 6.42. The second-order valence-electron chi connectivity index (χ2n) is 4.19. The summed E-state index contributed by atoms with van der Waals surface area (Å²) in [6, 6.07) is 8.55. The molecule has 0 aliphatic carbocycles. The molecule has 0 fully saturated rings. The molecule has 0 atom stereocenters. The maximum absolute atomic E-state index is 13.0. The number of nitrogens with one attached hydrogen (secondary N) is 2. The molecule has 0 bridgehead atoms. The molecule has 0 unspecified atom stereocenters. The Kier molecular flexibility index (Phi) is 5.28. The van der Waals surface area contributed by atoms with Crippen molar-refractivity contribution in [3.8, 4) is 0 Å². The molecular formula is C14H10Cl3FN2O. The number of carbonyl (C=O) groups excluding carboxylic acids is 1. The Morgan fingerprint density at radius 1 is 1.00 bits per heavy atom. The van der Waals surface area contributed by atoms with E-state index < -0.39 is 11.8 Å². The minimum Gasteiger partial charge on any atom is -0.334 e. The average molecular weight is 348 g/mol. The smallest absolute Gasteiger partial charge is 0.319 e. The Morgan fingerprint density at radius 3 is 2.43 bits per heavy atom. The van der Waals surface area contributed by atoms with Gasteiger partial charge < -0.3 is 10.6 Å². The molecule has 7 heteroatoms. The summed E-state index contributed by atoms with van der Waals surface area (Å²) in [5.74, 6) is -0.543. The van der Waals surface area contributed by atoms with Gasteiger partial charge in [-0.2, -0.15) is 0 Å². The fraction of sp³-hybridized carbons (Fsp3) is 0.0714. The summed E-state index contributed by atoms with van der Waals surface area (Å²) in [6.07, 6.45) is 0. The largest absolute Gasteiger partial charge is 0.334 e. The molecule has 0 aliphatic rings. The molecule has 2 N–H and O–H groups in total. The number of carbonyl (C=O) groups is 1. The summed E-state index contributed by atoms with van der Waals surface area (Å²) in [4.78, 5) is 11.7. The Morgan fingerprint density at radius 2 is 1.76 bits per heavy atom. The van der Waals surface area contributed by atoms with Crippen molar-refractivity contribution in [1.29, 1.82) is 0 Å². The SMILES string of the molecule is O=C(NCc1ccc(Cl)c(Cl)c1)Nc1ccc(F)c(Cl)c1. The van der Waals surface area contributed by atoms with Crippen molar-refractivity contribution in [2.45, 2.75) is 6.54 Å². The summed E-state index contributed by atoms with van der Waals surface area (Å²) in [6.45, 7) is 0.275. The molecule has 0 aromatic heterocycles. The summed E-state index contributed by atoms with van der Waals surface area (Å²) < 4.78 is 13.0. The van der Waals surface area contributed by atoms with Crippen LogP contribution in [0.25, 0.3) is 0 Å². The maximum atomic E-state index is 13.0. The van der Waals surface area contributed by atoms with Crippen molar-refractivity contribution in [1.82, 2.24) is 5.32 Å². The van der Waals surface area contributed by atoms with Gasteiger partial charge in [0.1, 0.15) is 5.82 Å². The summed E-state index contributed by atoms with van der Waals surface area (Å²) in [5.41, 5.74) is 1.20. The Balaban J connectivity index is 1.92. The molecule has 0 spiro atoms. The van der Waals surface area contributed by atoms with Crippen LogP contribution in [0.15, 0.2) is 36.4 Å². The van der Waals surface area contributed by atoms with E-state index in [0.29, 0.717) is 15.7 Å². The van der Waals surface area contributed by atoms with Crippen LogP contribution >= 0.6 is 34.8 Å². The van der Waals surface area contributed by atoms with E-state index in [2.05, 4.69) is 10.6 Å². The lowest BCUT2D eigenvalue weighted by atomic mass is 10.2. The molecule has 0 aliphatic heterocycles. The normalized spacial score (nSPS) is 10.3. The lowest BCUT2D eigenvalue weighted by Crippen LogP contribution is -2.28. The van der Waals surface area contributed by atoms with Crippen molar-refractivity contribution in [2.24, 2.45) is 0 Å². The molecule has 3 nitrogen and oxygen atoms in total. The number of rotatable bonds is 3. The molecule has 0 saturated heterocycles. The van der Waals surface area contributed by atoms with Crippen LogP contribution in [0.1, 0.15) is 5.56 Å². The first-order chi connectivity index (χ1) is 9.95. The number of urea groups is 1. The van der Waals surface area contributed by atoms with Gasteiger partial charge in [0.2, 0.25) is 0 Å². The van der Waals surface area contributed by atoms with Gasteiger partial charge in [-0.1, -0.05) is 40.9 Å². The molecular weight excluding hydrogens is 338 g/mol. The number of anilines is 1.